The monoisotopic (exact) mass is 375 g/mol. The fourth-order valence-electron chi connectivity index (χ4n) is 3.77. The number of piperidine rings is 1. The zero-order chi connectivity index (χ0) is 19.3. The maximum atomic E-state index is 11.0. The highest BCUT2D eigenvalue weighted by atomic mass is 16.4. The highest BCUT2D eigenvalue weighted by Crippen LogP contribution is 2.26. The smallest absolute Gasteiger partial charge is 0.335 e. The van der Waals surface area contributed by atoms with Crippen LogP contribution in [0.1, 0.15) is 40.7 Å². The number of carboxylic acid groups (broad SMARTS) is 1. The standard InChI is InChI=1S/C23H25N3O2/c27-23(28)18-10-8-17(9-11-18)15-24-16-20-14-19-6-2-3-7-21(19)25-22(20)26-12-4-1-5-13-26/h2-3,6-11,14,24H,1,4-5,12-13,15-16H2,(H,27,28). The number of fused-ring (bicyclic) bond motifs is 1. The van der Waals surface area contributed by atoms with Gasteiger partial charge in [0.05, 0.1) is 11.1 Å². The molecule has 3 aromatic rings. The summed E-state index contributed by atoms with van der Waals surface area (Å²) in [4.78, 5) is 18.4. The van der Waals surface area contributed by atoms with Crippen molar-refractivity contribution in [1.29, 1.82) is 0 Å². The molecule has 0 atom stereocenters. The molecule has 144 valence electrons. The molecule has 0 amide bonds. The lowest BCUT2D eigenvalue weighted by atomic mass is 10.1. The number of pyridine rings is 1. The molecule has 4 rings (SSSR count). The number of aromatic nitrogens is 1. The van der Waals surface area contributed by atoms with Gasteiger partial charge in [-0.05, 0) is 49.1 Å². The minimum Gasteiger partial charge on any atom is -0.478 e. The summed E-state index contributed by atoms with van der Waals surface area (Å²) in [6.45, 7) is 3.54. The van der Waals surface area contributed by atoms with E-state index in [1.54, 1.807) is 12.1 Å². The topological polar surface area (TPSA) is 65.5 Å². The number of nitrogens with one attached hydrogen (secondary N) is 1. The second kappa shape index (κ2) is 8.40. The molecule has 1 aromatic heterocycles. The van der Waals surface area contributed by atoms with Crippen molar-refractivity contribution in [2.24, 2.45) is 0 Å². The van der Waals surface area contributed by atoms with Crippen LogP contribution in [0.25, 0.3) is 10.9 Å². The highest BCUT2D eigenvalue weighted by Gasteiger charge is 2.17. The van der Waals surface area contributed by atoms with Gasteiger partial charge in [0.2, 0.25) is 0 Å². The molecule has 5 nitrogen and oxygen atoms in total. The van der Waals surface area contributed by atoms with E-state index in [0.717, 1.165) is 41.9 Å². The van der Waals surface area contributed by atoms with Crippen molar-refractivity contribution in [1.82, 2.24) is 10.3 Å². The first-order valence-electron chi connectivity index (χ1n) is 9.87. The Labute approximate surface area is 165 Å². The summed E-state index contributed by atoms with van der Waals surface area (Å²) < 4.78 is 0. The van der Waals surface area contributed by atoms with Crippen molar-refractivity contribution in [3.8, 4) is 0 Å². The minimum atomic E-state index is -0.895. The van der Waals surface area contributed by atoms with Gasteiger partial charge in [0, 0.05) is 37.1 Å². The number of carbonyl (C=O) groups is 1. The summed E-state index contributed by atoms with van der Waals surface area (Å²) in [5.41, 5.74) is 3.63. The summed E-state index contributed by atoms with van der Waals surface area (Å²) in [7, 11) is 0. The number of hydrogen-bond donors (Lipinski definition) is 2. The van der Waals surface area contributed by atoms with Crippen molar-refractivity contribution < 1.29 is 9.90 Å². The largest absolute Gasteiger partial charge is 0.478 e. The van der Waals surface area contributed by atoms with Gasteiger partial charge in [-0.2, -0.15) is 0 Å². The van der Waals surface area contributed by atoms with Crippen LogP contribution in [0.2, 0.25) is 0 Å². The summed E-state index contributed by atoms with van der Waals surface area (Å²) >= 11 is 0. The molecular weight excluding hydrogens is 350 g/mol. The highest BCUT2D eigenvalue weighted by molar-refractivity contribution is 5.87. The van der Waals surface area contributed by atoms with Crippen LogP contribution in [-0.4, -0.2) is 29.1 Å². The number of hydrogen-bond acceptors (Lipinski definition) is 4. The Morgan fingerprint density at radius 2 is 1.75 bits per heavy atom. The van der Waals surface area contributed by atoms with Crippen LogP contribution < -0.4 is 10.2 Å². The minimum absolute atomic E-state index is 0.315. The van der Waals surface area contributed by atoms with Gasteiger partial charge in [-0.3, -0.25) is 0 Å². The van der Waals surface area contributed by atoms with E-state index in [4.69, 9.17) is 10.1 Å². The molecular formula is C23H25N3O2. The van der Waals surface area contributed by atoms with Gasteiger partial charge in [0.25, 0.3) is 0 Å². The lowest BCUT2D eigenvalue weighted by molar-refractivity contribution is 0.0697. The fourth-order valence-corrected chi connectivity index (χ4v) is 3.77. The molecule has 1 saturated heterocycles. The van der Waals surface area contributed by atoms with Gasteiger partial charge in [-0.1, -0.05) is 30.3 Å². The third-order valence-corrected chi connectivity index (χ3v) is 5.28. The Morgan fingerprint density at radius 3 is 2.50 bits per heavy atom. The third kappa shape index (κ3) is 4.15. The third-order valence-electron chi connectivity index (χ3n) is 5.28. The van der Waals surface area contributed by atoms with Crippen LogP contribution >= 0.6 is 0 Å². The van der Waals surface area contributed by atoms with E-state index < -0.39 is 5.97 Å². The summed E-state index contributed by atoms with van der Waals surface area (Å²) in [6, 6.07) is 17.5. The van der Waals surface area contributed by atoms with E-state index in [9.17, 15) is 4.79 Å². The Morgan fingerprint density at radius 1 is 1.00 bits per heavy atom. The van der Waals surface area contributed by atoms with Gasteiger partial charge in [-0.15, -0.1) is 0 Å². The molecule has 2 heterocycles. The maximum Gasteiger partial charge on any atom is 0.335 e. The molecule has 0 aliphatic carbocycles. The van der Waals surface area contributed by atoms with Crippen molar-refractivity contribution >= 4 is 22.7 Å². The fraction of sp³-hybridized carbons (Fsp3) is 0.304. The predicted molar refractivity (Wildman–Crippen MR) is 112 cm³/mol. The van der Waals surface area contributed by atoms with E-state index in [1.165, 1.54) is 24.8 Å². The van der Waals surface area contributed by atoms with Crippen LogP contribution in [0.3, 0.4) is 0 Å². The lowest BCUT2D eigenvalue weighted by Crippen LogP contribution is -2.31. The molecule has 0 spiro atoms. The first-order chi connectivity index (χ1) is 13.7. The molecule has 1 aliphatic heterocycles. The maximum absolute atomic E-state index is 11.0. The number of rotatable bonds is 6. The van der Waals surface area contributed by atoms with Gasteiger partial charge in [0.1, 0.15) is 5.82 Å². The van der Waals surface area contributed by atoms with Gasteiger partial charge < -0.3 is 15.3 Å². The van der Waals surface area contributed by atoms with Crippen LogP contribution in [-0.2, 0) is 13.1 Å². The normalized spacial score (nSPS) is 14.4. The quantitative estimate of drug-likeness (QED) is 0.675. The average Bonchev–Trinajstić information content (AvgIpc) is 2.74. The molecule has 1 aliphatic rings. The molecule has 5 heteroatoms. The van der Waals surface area contributed by atoms with Crippen LogP contribution in [0.4, 0.5) is 5.82 Å². The number of nitrogens with zero attached hydrogens (tertiary/aromatic N) is 2. The zero-order valence-electron chi connectivity index (χ0n) is 15.9. The predicted octanol–water partition coefficient (Wildman–Crippen LogP) is 4.21. The first kappa shape index (κ1) is 18.4. The Bertz CT molecular complexity index is 963. The van der Waals surface area contributed by atoms with E-state index in [1.807, 2.05) is 24.3 Å². The summed E-state index contributed by atoms with van der Waals surface area (Å²) in [6.07, 6.45) is 3.73. The molecule has 2 aromatic carbocycles. The zero-order valence-corrected chi connectivity index (χ0v) is 15.9. The molecule has 2 N–H and O–H groups in total. The number of aromatic carboxylic acids is 1. The molecule has 1 fully saturated rings. The second-order valence-corrected chi connectivity index (χ2v) is 7.32. The van der Waals surface area contributed by atoms with E-state index in [2.05, 4.69) is 28.4 Å². The lowest BCUT2D eigenvalue weighted by Gasteiger charge is -2.30. The Hall–Kier alpha value is -2.92. The van der Waals surface area contributed by atoms with Crippen molar-refractivity contribution in [3.05, 3.63) is 71.3 Å². The van der Waals surface area contributed by atoms with E-state index >= 15 is 0 Å². The molecule has 0 radical (unpaired) electrons. The molecule has 0 unspecified atom stereocenters. The van der Waals surface area contributed by atoms with Crippen molar-refractivity contribution in [3.63, 3.8) is 0 Å². The van der Waals surface area contributed by atoms with Crippen LogP contribution in [0, 0.1) is 0 Å². The SMILES string of the molecule is O=C(O)c1ccc(CNCc2cc3ccccc3nc2N2CCCCC2)cc1. The Balaban J connectivity index is 1.52. The second-order valence-electron chi connectivity index (χ2n) is 7.32. The number of anilines is 1. The first-order valence-corrected chi connectivity index (χ1v) is 9.87. The molecule has 0 saturated carbocycles. The van der Waals surface area contributed by atoms with Crippen molar-refractivity contribution in [2.45, 2.75) is 32.4 Å². The van der Waals surface area contributed by atoms with Crippen LogP contribution in [0.5, 0.6) is 0 Å². The number of carboxylic acids is 1. The molecule has 0 bridgehead atoms. The number of para-hydroxylation sites is 1. The number of benzene rings is 2. The van der Waals surface area contributed by atoms with Crippen LogP contribution in [0.15, 0.2) is 54.6 Å². The molecule has 28 heavy (non-hydrogen) atoms. The van der Waals surface area contributed by atoms with Gasteiger partial charge in [0.15, 0.2) is 0 Å². The van der Waals surface area contributed by atoms with E-state index in [-0.39, 0.29) is 0 Å². The average molecular weight is 375 g/mol. The Kier molecular flexibility index (Phi) is 5.53. The van der Waals surface area contributed by atoms with Crippen molar-refractivity contribution in [2.75, 3.05) is 18.0 Å². The van der Waals surface area contributed by atoms with Gasteiger partial charge >= 0.3 is 5.97 Å². The summed E-state index contributed by atoms with van der Waals surface area (Å²) in [5.74, 6) is 0.194. The van der Waals surface area contributed by atoms with Gasteiger partial charge in [-0.25, -0.2) is 9.78 Å². The van der Waals surface area contributed by atoms with E-state index in [0.29, 0.717) is 12.1 Å². The summed E-state index contributed by atoms with van der Waals surface area (Å²) in [5, 5.41) is 13.7.